The van der Waals surface area contributed by atoms with E-state index in [1.54, 1.807) is 6.07 Å². The van der Waals surface area contributed by atoms with E-state index in [1.165, 1.54) is 0 Å². The lowest BCUT2D eigenvalue weighted by molar-refractivity contribution is 0.0692. The minimum absolute atomic E-state index is 0.0540. The molecule has 19 heavy (non-hydrogen) atoms. The molecule has 1 aliphatic heterocycles. The second-order valence-electron chi connectivity index (χ2n) is 4.68. The average molecular weight is 281 g/mol. The SMILES string of the molecule is Cc1cc(C(=O)N2CCSC(C)C2C)nc(NN)n1. The number of carbonyl (C=O) groups is 1. The van der Waals surface area contributed by atoms with E-state index in [4.69, 9.17) is 5.84 Å². The van der Waals surface area contributed by atoms with Crippen molar-refractivity contribution in [1.82, 2.24) is 14.9 Å². The Morgan fingerprint density at radius 3 is 2.95 bits per heavy atom. The van der Waals surface area contributed by atoms with E-state index < -0.39 is 0 Å². The Balaban J connectivity index is 2.25. The molecule has 0 radical (unpaired) electrons. The Labute approximate surface area is 117 Å². The molecule has 0 spiro atoms. The van der Waals surface area contributed by atoms with Gasteiger partial charge in [-0.05, 0) is 19.9 Å². The first-order valence-electron chi connectivity index (χ1n) is 6.28. The summed E-state index contributed by atoms with van der Waals surface area (Å²) in [4.78, 5) is 22.6. The summed E-state index contributed by atoms with van der Waals surface area (Å²) in [7, 11) is 0. The summed E-state index contributed by atoms with van der Waals surface area (Å²) in [6.45, 7) is 6.79. The van der Waals surface area contributed by atoms with Gasteiger partial charge in [0.25, 0.3) is 5.91 Å². The Bertz CT molecular complexity index is 481. The molecule has 2 atom stereocenters. The van der Waals surface area contributed by atoms with Crippen molar-refractivity contribution >= 4 is 23.6 Å². The van der Waals surface area contributed by atoms with Crippen LogP contribution in [0.25, 0.3) is 0 Å². The number of aromatic nitrogens is 2. The Morgan fingerprint density at radius 1 is 1.53 bits per heavy atom. The van der Waals surface area contributed by atoms with Gasteiger partial charge in [0.15, 0.2) is 0 Å². The number of rotatable bonds is 2. The Morgan fingerprint density at radius 2 is 2.26 bits per heavy atom. The fourth-order valence-electron chi connectivity index (χ4n) is 2.11. The third-order valence-corrected chi connectivity index (χ3v) is 4.69. The van der Waals surface area contributed by atoms with Crippen LogP contribution in [0.4, 0.5) is 5.95 Å². The lowest BCUT2D eigenvalue weighted by atomic mass is 10.2. The third kappa shape index (κ3) is 2.98. The number of hydrogen-bond donors (Lipinski definition) is 2. The third-order valence-electron chi connectivity index (χ3n) is 3.35. The van der Waals surface area contributed by atoms with Crippen molar-refractivity contribution < 1.29 is 4.79 Å². The van der Waals surface area contributed by atoms with Crippen molar-refractivity contribution in [3.8, 4) is 0 Å². The summed E-state index contributed by atoms with van der Waals surface area (Å²) < 4.78 is 0. The molecule has 1 aromatic rings. The second-order valence-corrected chi connectivity index (χ2v) is 6.16. The summed E-state index contributed by atoms with van der Waals surface area (Å²) in [5.41, 5.74) is 3.50. The number of nitrogens with zero attached hydrogens (tertiary/aromatic N) is 3. The number of nitrogens with one attached hydrogen (secondary N) is 1. The summed E-state index contributed by atoms with van der Waals surface area (Å²) in [6.07, 6.45) is 0. The van der Waals surface area contributed by atoms with Gasteiger partial charge in [-0.3, -0.25) is 10.2 Å². The normalized spacial score (nSPS) is 23.3. The molecule has 1 amide bonds. The molecule has 1 fully saturated rings. The van der Waals surface area contributed by atoms with Crippen LogP contribution < -0.4 is 11.3 Å². The van der Waals surface area contributed by atoms with Gasteiger partial charge < -0.3 is 4.90 Å². The zero-order valence-corrected chi connectivity index (χ0v) is 12.2. The summed E-state index contributed by atoms with van der Waals surface area (Å²) in [6, 6.07) is 1.90. The monoisotopic (exact) mass is 281 g/mol. The number of carbonyl (C=O) groups excluding carboxylic acids is 1. The highest BCUT2D eigenvalue weighted by Gasteiger charge is 2.30. The van der Waals surface area contributed by atoms with Crippen molar-refractivity contribution in [3.63, 3.8) is 0 Å². The van der Waals surface area contributed by atoms with E-state index in [0.29, 0.717) is 10.9 Å². The van der Waals surface area contributed by atoms with Gasteiger partial charge in [0, 0.05) is 29.3 Å². The van der Waals surface area contributed by atoms with Crippen LogP contribution in [-0.4, -0.2) is 44.4 Å². The maximum atomic E-state index is 12.5. The zero-order valence-electron chi connectivity index (χ0n) is 11.4. The number of anilines is 1. The predicted octanol–water partition coefficient (Wildman–Crippen LogP) is 1.04. The molecule has 0 saturated carbocycles. The minimum Gasteiger partial charge on any atom is -0.333 e. The van der Waals surface area contributed by atoms with Crippen molar-refractivity contribution in [2.45, 2.75) is 32.1 Å². The molecule has 6 nitrogen and oxygen atoms in total. The molecule has 1 aromatic heterocycles. The zero-order chi connectivity index (χ0) is 14.0. The van der Waals surface area contributed by atoms with Crippen molar-refractivity contribution in [1.29, 1.82) is 0 Å². The van der Waals surface area contributed by atoms with E-state index in [2.05, 4.69) is 29.2 Å². The van der Waals surface area contributed by atoms with Gasteiger partial charge in [-0.25, -0.2) is 15.8 Å². The summed E-state index contributed by atoms with van der Waals surface area (Å²) in [5.74, 6) is 6.49. The Hall–Kier alpha value is -1.34. The van der Waals surface area contributed by atoms with Crippen LogP contribution in [0, 0.1) is 6.92 Å². The summed E-state index contributed by atoms with van der Waals surface area (Å²) in [5, 5.41) is 0.438. The molecule has 3 N–H and O–H groups in total. The molecule has 2 rings (SSSR count). The molecular formula is C12H19N5OS. The van der Waals surface area contributed by atoms with Crippen LogP contribution in [0.5, 0.6) is 0 Å². The van der Waals surface area contributed by atoms with E-state index in [-0.39, 0.29) is 17.9 Å². The molecular weight excluding hydrogens is 262 g/mol. The number of aryl methyl sites for hydroxylation is 1. The number of hydrogen-bond acceptors (Lipinski definition) is 6. The molecule has 0 aromatic carbocycles. The van der Waals surface area contributed by atoms with Gasteiger partial charge in [0.1, 0.15) is 5.69 Å². The van der Waals surface area contributed by atoms with Gasteiger partial charge >= 0.3 is 0 Å². The van der Waals surface area contributed by atoms with Gasteiger partial charge in [-0.1, -0.05) is 6.92 Å². The van der Waals surface area contributed by atoms with E-state index >= 15 is 0 Å². The number of amides is 1. The smallest absolute Gasteiger partial charge is 0.272 e. The molecule has 0 aliphatic carbocycles. The van der Waals surface area contributed by atoms with Crippen molar-refractivity contribution in [3.05, 3.63) is 17.5 Å². The molecule has 0 bridgehead atoms. The van der Waals surface area contributed by atoms with Gasteiger partial charge in [0.2, 0.25) is 5.95 Å². The number of nitrogens with two attached hydrogens (primary N) is 1. The number of nitrogen functional groups attached to an aromatic ring is 1. The van der Waals surface area contributed by atoms with Crippen LogP contribution in [-0.2, 0) is 0 Å². The molecule has 2 unspecified atom stereocenters. The van der Waals surface area contributed by atoms with Gasteiger partial charge in [0.05, 0.1) is 0 Å². The van der Waals surface area contributed by atoms with Crippen LogP contribution in [0.15, 0.2) is 6.07 Å². The van der Waals surface area contributed by atoms with E-state index in [9.17, 15) is 4.79 Å². The van der Waals surface area contributed by atoms with Crippen LogP contribution >= 0.6 is 11.8 Å². The fourth-order valence-corrected chi connectivity index (χ4v) is 3.21. The first kappa shape index (κ1) is 14.1. The maximum absolute atomic E-state index is 12.5. The highest BCUT2D eigenvalue weighted by atomic mass is 32.2. The molecule has 7 heteroatoms. The predicted molar refractivity (Wildman–Crippen MR) is 77.0 cm³/mol. The van der Waals surface area contributed by atoms with Crippen molar-refractivity contribution in [2.75, 3.05) is 17.7 Å². The van der Waals surface area contributed by atoms with Gasteiger partial charge in [-0.15, -0.1) is 0 Å². The van der Waals surface area contributed by atoms with E-state index in [0.717, 1.165) is 18.0 Å². The largest absolute Gasteiger partial charge is 0.333 e. The topological polar surface area (TPSA) is 84.1 Å². The molecule has 1 aliphatic rings. The van der Waals surface area contributed by atoms with E-state index in [1.807, 2.05) is 23.6 Å². The standard InChI is InChI=1S/C12H19N5OS/c1-7-6-10(15-12(14-7)16-13)11(18)17-4-5-19-9(3)8(17)2/h6,8-9H,4-5,13H2,1-3H3,(H,14,15,16). The lowest BCUT2D eigenvalue weighted by Gasteiger charge is -2.37. The van der Waals surface area contributed by atoms with Crippen LogP contribution in [0.2, 0.25) is 0 Å². The van der Waals surface area contributed by atoms with Gasteiger partial charge in [-0.2, -0.15) is 11.8 Å². The number of hydrazine groups is 1. The lowest BCUT2D eigenvalue weighted by Crippen LogP contribution is -2.48. The maximum Gasteiger partial charge on any atom is 0.272 e. The minimum atomic E-state index is -0.0540. The molecule has 2 heterocycles. The highest BCUT2D eigenvalue weighted by molar-refractivity contribution is 8.00. The molecule has 104 valence electrons. The highest BCUT2D eigenvalue weighted by Crippen LogP contribution is 2.25. The Kier molecular flexibility index (Phi) is 4.26. The van der Waals surface area contributed by atoms with Crippen LogP contribution in [0.3, 0.4) is 0 Å². The summed E-state index contributed by atoms with van der Waals surface area (Å²) >= 11 is 1.89. The first-order valence-corrected chi connectivity index (χ1v) is 7.32. The fraction of sp³-hybridized carbons (Fsp3) is 0.583. The van der Waals surface area contributed by atoms with Crippen molar-refractivity contribution in [2.24, 2.45) is 5.84 Å². The van der Waals surface area contributed by atoms with Crippen LogP contribution in [0.1, 0.15) is 30.0 Å². The second kappa shape index (κ2) is 5.75. The average Bonchev–Trinajstić information content (AvgIpc) is 2.40. The number of thioether (sulfide) groups is 1. The quantitative estimate of drug-likeness (QED) is 0.622. The molecule has 1 saturated heterocycles. The first-order chi connectivity index (χ1) is 9.02.